The molecule has 122 valence electrons. The smallest absolute Gasteiger partial charge is 0.132 e. The fraction of sp³-hybridized carbons (Fsp3) is 0. The molecule has 2 nitrogen and oxygen atoms in total. The summed E-state index contributed by atoms with van der Waals surface area (Å²) in [6.07, 6.45) is 1.74. The summed E-state index contributed by atoms with van der Waals surface area (Å²) in [5, 5.41) is 0. The highest BCUT2D eigenvalue weighted by Crippen LogP contribution is 2.28. The first-order valence-electron chi connectivity index (χ1n) is 8.45. The minimum atomic E-state index is 0.660. The molecular formula is C24H16N2. The predicted molar refractivity (Wildman–Crippen MR) is 105 cm³/mol. The molecule has 0 saturated heterocycles. The Morgan fingerprint density at radius 3 is 1.69 bits per heavy atom. The first kappa shape index (κ1) is 15.8. The van der Waals surface area contributed by atoms with Crippen molar-refractivity contribution >= 4 is 0 Å². The molecule has 0 aliphatic heterocycles. The van der Waals surface area contributed by atoms with Crippen molar-refractivity contribution < 1.29 is 0 Å². The number of hydrogen-bond donors (Lipinski definition) is 0. The molecule has 0 atom stereocenters. The molecule has 3 aromatic carbocycles. The van der Waals surface area contributed by atoms with E-state index >= 15 is 0 Å². The van der Waals surface area contributed by atoms with Gasteiger partial charge in [-0.3, -0.25) is 4.98 Å². The van der Waals surface area contributed by atoms with Crippen LogP contribution < -0.4 is 0 Å². The van der Waals surface area contributed by atoms with Crippen LogP contribution in [0.3, 0.4) is 0 Å². The minimum absolute atomic E-state index is 0.660. The van der Waals surface area contributed by atoms with Gasteiger partial charge in [-0.15, -0.1) is 0 Å². The zero-order chi connectivity index (χ0) is 17.6. The molecule has 0 aliphatic carbocycles. The average molecular weight is 332 g/mol. The average Bonchev–Trinajstić information content (AvgIpc) is 2.74. The molecule has 0 spiro atoms. The lowest BCUT2D eigenvalue weighted by atomic mass is 10.0. The van der Waals surface area contributed by atoms with Gasteiger partial charge >= 0.3 is 0 Å². The molecule has 26 heavy (non-hydrogen) atoms. The second-order valence-electron chi connectivity index (χ2n) is 5.80. The Balaban J connectivity index is 1.81. The Morgan fingerprint density at radius 2 is 1.08 bits per heavy atom. The lowest BCUT2D eigenvalue weighted by Gasteiger charge is -2.08. The van der Waals surface area contributed by atoms with Gasteiger partial charge in [-0.1, -0.05) is 84.8 Å². The highest BCUT2D eigenvalue weighted by atomic mass is 14.8. The molecule has 0 aliphatic rings. The Labute approximate surface area is 153 Å². The molecule has 0 fully saturated rings. The summed E-state index contributed by atoms with van der Waals surface area (Å²) < 4.78 is 0. The van der Waals surface area contributed by atoms with E-state index < -0.39 is 0 Å². The topological polar surface area (TPSA) is 25.8 Å². The standard InChI is InChI=1S/C24H16N2/c1-4-10-19(11-5-1)16-17-22-18-25-23(20-12-6-2-7-13-20)24(26-22)21-14-8-3-9-15-21/h1-15,18H. The molecule has 0 radical (unpaired) electrons. The van der Waals surface area contributed by atoms with Crippen LogP contribution in [0.4, 0.5) is 0 Å². The fourth-order valence-electron chi connectivity index (χ4n) is 2.71. The van der Waals surface area contributed by atoms with Gasteiger partial charge in [0.15, 0.2) is 0 Å². The van der Waals surface area contributed by atoms with E-state index in [4.69, 9.17) is 4.98 Å². The van der Waals surface area contributed by atoms with Crippen molar-refractivity contribution in [3.8, 4) is 34.4 Å². The summed E-state index contributed by atoms with van der Waals surface area (Å²) in [5.74, 6) is 6.27. The van der Waals surface area contributed by atoms with E-state index in [2.05, 4.69) is 16.8 Å². The Kier molecular flexibility index (Phi) is 4.54. The molecule has 4 rings (SSSR count). The lowest BCUT2D eigenvalue weighted by Crippen LogP contribution is -1.96. The highest BCUT2D eigenvalue weighted by Gasteiger charge is 2.11. The van der Waals surface area contributed by atoms with Gasteiger partial charge in [-0.2, -0.15) is 0 Å². The number of hydrogen-bond acceptors (Lipinski definition) is 2. The quantitative estimate of drug-likeness (QED) is 0.471. The Bertz CT molecular complexity index is 1060. The second-order valence-corrected chi connectivity index (χ2v) is 5.80. The maximum Gasteiger partial charge on any atom is 0.132 e. The number of rotatable bonds is 2. The van der Waals surface area contributed by atoms with Crippen LogP contribution in [0, 0.1) is 11.8 Å². The largest absolute Gasteiger partial charge is 0.251 e. The van der Waals surface area contributed by atoms with Crippen LogP contribution in [0.15, 0.2) is 97.2 Å². The van der Waals surface area contributed by atoms with E-state index in [-0.39, 0.29) is 0 Å². The van der Waals surface area contributed by atoms with E-state index in [1.165, 1.54) is 0 Å². The summed E-state index contributed by atoms with van der Waals surface area (Å²) in [7, 11) is 0. The summed E-state index contributed by atoms with van der Waals surface area (Å²) in [5.41, 5.74) is 5.40. The van der Waals surface area contributed by atoms with E-state index in [0.29, 0.717) is 5.69 Å². The van der Waals surface area contributed by atoms with Crippen molar-refractivity contribution in [1.29, 1.82) is 0 Å². The summed E-state index contributed by atoms with van der Waals surface area (Å²) in [6.45, 7) is 0. The van der Waals surface area contributed by atoms with E-state index in [1.54, 1.807) is 6.20 Å². The minimum Gasteiger partial charge on any atom is -0.251 e. The Hall–Kier alpha value is -3.70. The molecule has 0 saturated carbocycles. The van der Waals surface area contributed by atoms with Crippen molar-refractivity contribution in [3.05, 3.63) is 108 Å². The SMILES string of the molecule is C(#Cc1cnc(-c2ccccc2)c(-c2ccccc2)n1)c1ccccc1. The van der Waals surface area contributed by atoms with Gasteiger partial charge in [-0.05, 0) is 18.1 Å². The molecular weight excluding hydrogens is 316 g/mol. The number of aromatic nitrogens is 2. The third kappa shape index (κ3) is 3.53. The van der Waals surface area contributed by atoms with Crippen molar-refractivity contribution in [2.75, 3.05) is 0 Å². The number of benzene rings is 3. The molecule has 1 aromatic heterocycles. The molecule has 0 N–H and O–H groups in total. The van der Waals surface area contributed by atoms with Crippen LogP contribution >= 0.6 is 0 Å². The van der Waals surface area contributed by atoms with Crippen molar-refractivity contribution in [2.24, 2.45) is 0 Å². The third-order valence-electron chi connectivity index (χ3n) is 3.98. The van der Waals surface area contributed by atoms with Gasteiger partial charge < -0.3 is 0 Å². The van der Waals surface area contributed by atoms with Crippen LogP contribution in [0.2, 0.25) is 0 Å². The molecule has 4 aromatic rings. The lowest BCUT2D eigenvalue weighted by molar-refractivity contribution is 1.18. The molecule has 1 heterocycles. The van der Waals surface area contributed by atoms with Gasteiger partial charge in [0.1, 0.15) is 5.69 Å². The Morgan fingerprint density at radius 1 is 0.538 bits per heavy atom. The van der Waals surface area contributed by atoms with Crippen LogP contribution in [-0.4, -0.2) is 9.97 Å². The summed E-state index contributed by atoms with van der Waals surface area (Å²) >= 11 is 0. The second kappa shape index (κ2) is 7.46. The van der Waals surface area contributed by atoms with Gasteiger partial charge in [0.25, 0.3) is 0 Å². The number of nitrogens with zero attached hydrogens (tertiary/aromatic N) is 2. The van der Waals surface area contributed by atoms with Crippen LogP contribution in [-0.2, 0) is 0 Å². The zero-order valence-corrected chi connectivity index (χ0v) is 14.1. The third-order valence-corrected chi connectivity index (χ3v) is 3.98. The first-order chi connectivity index (χ1) is 12.9. The maximum atomic E-state index is 4.80. The van der Waals surface area contributed by atoms with E-state index in [0.717, 1.165) is 28.1 Å². The maximum absolute atomic E-state index is 4.80. The molecule has 0 bridgehead atoms. The molecule has 2 heteroatoms. The zero-order valence-electron chi connectivity index (χ0n) is 14.1. The molecule has 0 amide bonds. The van der Waals surface area contributed by atoms with Crippen LogP contribution in [0.25, 0.3) is 22.5 Å². The van der Waals surface area contributed by atoms with Crippen LogP contribution in [0.5, 0.6) is 0 Å². The van der Waals surface area contributed by atoms with E-state index in [9.17, 15) is 0 Å². The van der Waals surface area contributed by atoms with Gasteiger partial charge in [-0.25, -0.2) is 4.98 Å². The normalized spacial score (nSPS) is 10.0. The van der Waals surface area contributed by atoms with E-state index in [1.807, 2.05) is 91.0 Å². The van der Waals surface area contributed by atoms with Gasteiger partial charge in [0.2, 0.25) is 0 Å². The van der Waals surface area contributed by atoms with Crippen molar-refractivity contribution in [2.45, 2.75) is 0 Å². The monoisotopic (exact) mass is 332 g/mol. The molecule has 0 unspecified atom stereocenters. The first-order valence-corrected chi connectivity index (χ1v) is 8.45. The summed E-state index contributed by atoms with van der Waals surface area (Å²) in [4.78, 5) is 9.47. The van der Waals surface area contributed by atoms with Crippen molar-refractivity contribution in [1.82, 2.24) is 9.97 Å². The van der Waals surface area contributed by atoms with Crippen molar-refractivity contribution in [3.63, 3.8) is 0 Å². The van der Waals surface area contributed by atoms with Gasteiger partial charge in [0.05, 0.1) is 17.6 Å². The fourth-order valence-corrected chi connectivity index (χ4v) is 2.71. The van der Waals surface area contributed by atoms with Gasteiger partial charge in [0, 0.05) is 16.7 Å². The summed E-state index contributed by atoms with van der Waals surface area (Å²) in [6, 6.07) is 30.1. The highest BCUT2D eigenvalue weighted by molar-refractivity contribution is 5.78. The van der Waals surface area contributed by atoms with Crippen LogP contribution in [0.1, 0.15) is 11.3 Å². The predicted octanol–water partition coefficient (Wildman–Crippen LogP) is 5.21.